The molecule has 0 aliphatic carbocycles. The normalized spacial score (nSPS) is 19.5. The molecule has 0 aromatic carbocycles. The molecule has 0 saturated heterocycles. The van der Waals surface area contributed by atoms with Crippen LogP contribution in [0.25, 0.3) is 0 Å². The molecule has 0 bridgehead atoms. The molecule has 0 rings (SSSR count). The smallest absolute Gasteiger partial charge is 0.0865 e. The Morgan fingerprint density at radius 2 is 1.75 bits per heavy atom. The minimum atomic E-state index is -0.454. The summed E-state index contributed by atoms with van der Waals surface area (Å²) in [4.78, 5) is 1.89. The number of aliphatic hydroxyl groups excluding tert-OH is 2. The van der Waals surface area contributed by atoms with Crippen LogP contribution in [0.4, 0.5) is 0 Å². The zero-order valence-corrected chi connectivity index (χ0v) is 10.4. The number of nitrogens with zero attached hydrogens (tertiary/aromatic N) is 1. The van der Waals surface area contributed by atoms with Crippen LogP contribution in [0, 0.1) is 0 Å². The molecule has 0 heterocycles. The first-order valence-corrected chi connectivity index (χ1v) is 5.73. The predicted molar refractivity (Wildman–Crippen MR) is 64.6 cm³/mol. The quantitative estimate of drug-likeness (QED) is 0.318. The Labute approximate surface area is 97.6 Å². The first kappa shape index (κ1) is 15.8. The third kappa shape index (κ3) is 6.37. The standard InChI is InChI=1S/C10H26N4O2/c1-4-14(6-8(3)16)10(12)9(11)13-5-7(2)15/h7-10,13,15-16H,4-6,11-12H2,1-3H3. The molecule has 4 unspecified atom stereocenters. The molecule has 6 heteroatoms. The molecule has 7 N–H and O–H groups in total. The van der Waals surface area contributed by atoms with Gasteiger partial charge in [-0.2, -0.15) is 0 Å². The number of hydrogen-bond donors (Lipinski definition) is 5. The fourth-order valence-corrected chi connectivity index (χ4v) is 1.46. The molecular weight excluding hydrogens is 208 g/mol. The van der Waals surface area contributed by atoms with Crippen molar-refractivity contribution in [3.63, 3.8) is 0 Å². The van der Waals surface area contributed by atoms with Crippen LogP contribution in [0.2, 0.25) is 0 Å². The summed E-state index contributed by atoms with van der Waals surface area (Å²) in [6, 6.07) is 0. The van der Waals surface area contributed by atoms with Gasteiger partial charge in [0.1, 0.15) is 0 Å². The summed E-state index contributed by atoms with van der Waals surface area (Å²) in [6.07, 6.45) is -1.69. The summed E-state index contributed by atoms with van der Waals surface area (Å²) < 4.78 is 0. The third-order valence-electron chi connectivity index (χ3n) is 2.34. The third-order valence-corrected chi connectivity index (χ3v) is 2.34. The number of nitrogens with one attached hydrogen (secondary N) is 1. The molecule has 0 aromatic heterocycles. The molecule has 0 fully saturated rings. The van der Waals surface area contributed by atoms with Crippen LogP contribution < -0.4 is 16.8 Å². The molecule has 6 nitrogen and oxygen atoms in total. The fourth-order valence-electron chi connectivity index (χ4n) is 1.46. The Balaban J connectivity index is 4.10. The van der Waals surface area contributed by atoms with Crippen molar-refractivity contribution < 1.29 is 10.2 Å². The van der Waals surface area contributed by atoms with E-state index in [0.29, 0.717) is 13.1 Å². The zero-order chi connectivity index (χ0) is 12.7. The fraction of sp³-hybridized carbons (Fsp3) is 1.00. The lowest BCUT2D eigenvalue weighted by Crippen LogP contribution is -2.61. The molecule has 0 aliphatic rings. The van der Waals surface area contributed by atoms with Gasteiger partial charge in [-0.3, -0.25) is 10.2 Å². The zero-order valence-electron chi connectivity index (χ0n) is 10.4. The van der Waals surface area contributed by atoms with Gasteiger partial charge in [-0.25, -0.2) is 0 Å². The van der Waals surface area contributed by atoms with Gasteiger partial charge in [0.15, 0.2) is 0 Å². The maximum absolute atomic E-state index is 9.30. The second-order valence-corrected chi connectivity index (χ2v) is 4.21. The van der Waals surface area contributed by atoms with E-state index in [9.17, 15) is 5.11 Å². The van der Waals surface area contributed by atoms with Crippen LogP contribution in [-0.4, -0.2) is 59.3 Å². The highest BCUT2D eigenvalue weighted by molar-refractivity contribution is 4.76. The van der Waals surface area contributed by atoms with Crippen LogP contribution >= 0.6 is 0 Å². The van der Waals surface area contributed by atoms with Gasteiger partial charge >= 0.3 is 0 Å². The van der Waals surface area contributed by atoms with E-state index in [1.54, 1.807) is 13.8 Å². The van der Waals surface area contributed by atoms with Crippen molar-refractivity contribution in [2.24, 2.45) is 11.5 Å². The molecule has 0 amide bonds. The molecule has 16 heavy (non-hydrogen) atoms. The van der Waals surface area contributed by atoms with E-state index < -0.39 is 18.4 Å². The average Bonchev–Trinajstić information content (AvgIpc) is 2.21. The number of nitrogens with two attached hydrogens (primary N) is 2. The second kappa shape index (κ2) is 7.94. The highest BCUT2D eigenvalue weighted by Crippen LogP contribution is 1.98. The summed E-state index contributed by atoms with van der Waals surface area (Å²) >= 11 is 0. The van der Waals surface area contributed by atoms with Gasteiger partial charge in [0.2, 0.25) is 0 Å². The van der Waals surface area contributed by atoms with E-state index in [2.05, 4.69) is 5.32 Å². The van der Waals surface area contributed by atoms with Crippen molar-refractivity contribution in [1.82, 2.24) is 10.2 Å². The molecule has 0 radical (unpaired) electrons. The van der Waals surface area contributed by atoms with E-state index >= 15 is 0 Å². The minimum Gasteiger partial charge on any atom is -0.392 e. The SMILES string of the molecule is CCN(CC(C)O)C(N)C(N)NCC(C)O. The lowest BCUT2D eigenvalue weighted by Gasteiger charge is -2.33. The average molecular weight is 234 g/mol. The Morgan fingerprint density at radius 3 is 2.12 bits per heavy atom. The molecule has 0 aromatic rings. The Kier molecular flexibility index (Phi) is 7.82. The first-order chi connectivity index (χ1) is 7.38. The largest absolute Gasteiger partial charge is 0.392 e. The van der Waals surface area contributed by atoms with Crippen LogP contribution in [0.5, 0.6) is 0 Å². The van der Waals surface area contributed by atoms with Crippen molar-refractivity contribution in [2.75, 3.05) is 19.6 Å². The Hall–Kier alpha value is -0.240. The summed E-state index contributed by atoms with van der Waals surface area (Å²) in [5.74, 6) is 0. The Morgan fingerprint density at radius 1 is 1.19 bits per heavy atom. The number of hydrogen-bond acceptors (Lipinski definition) is 6. The van der Waals surface area contributed by atoms with Gasteiger partial charge in [0.25, 0.3) is 0 Å². The van der Waals surface area contributed by atoms with E-state index in [4.69, 9.17) is 16.6 Å². The molecular formula is C10H26N4O2. The van der Waals surface area contributed by atoms with Crippen molar-refractivity contribution in [2.45, 2.75) is 45.3 Å². The van der Waals surface area contributed by atoms with Gasteiger partial charge in [-0.15, -0.1) is 0 Å². The van der Waals surface area contributed by atoms with Crippen molar-refractivity contribution >= 4 is 0 Å². The van der Waals surface area contributed by atoms with Crippen LogP contribution in [0.3, 0.4) is 0 Å². The van der Waals surface area contributed by atoms with Gasteiger partial charge < -0.3 is 21.7 Å². The molecule has 98 valence electrons. The summed E-state index contributed by atoms with van der Waals surface area (Å²) in [6.45, 7) is 6.96. The van der Waals surface area contributed by atoms with Gasteiger partial charge in [-0.05, 0) is 20.4 Å². The van der Waals surface area contributed by atoms with Crippen molar-refractivity contribution in [3.8, 4) is 0 Å². The van der Waals surface area contributed by atoms with Gasteiger partial charge in [-0.1, -0.05) is 6.92 Å². The molecule has 0 spiro atoms. The maximum Gasteiger partial charge on any atom is 0.0865 e. The predicted octanol–water partition coefficient (Wildman–Crippen LogP) is -1.77. The second-order valence-electron chi connectivity index (χ2n) is 4.21. The topological polar surface area (TPSA) is 108 Å². The van der Waals surface area contributed by atoms with Crippen LogP contribution in [0.15, 0.2) is 0 Å². The van der Waals surface area contributed by atoms with E-state index in [0.717, 1.165) is 6.54 Å². The monoisotopic (exact) mass is 234 g/mol. The number of rotatable bonds is 8. The van der Waals surface area contributed by atoms with E-state index in [-0.39, 0.29) is 6.17 Å². The van der Waals surface area contributed by atoms with Crippen LogP contribution in [0.1, 0.15) is 20.8 Å². The van der Waals surface area contributed by atoms with Gasteiger partial charge in [0, 0.05) is 13.1 Å². The molecule has 0 aliphatic heterocycles. The van der Waals surface area contributed by atoms with Crippen LogP contribution in [-0.2, 0) is 0 Å². The molecule has 4 atom stereocenters. The summed E-state index contributed by atoms with van der Waals surface area (Å²) in [5, 5.41) is 21.4. The highest BCUT2D eigenvalue weighted by atomic mass is 16.3. The van der Waals surface area contributed by atoms with Gasteiger partial charge in [0.05, 0.1) is 24.5 Å². The highest BCUT2D eigenvalue weighted by Gasteiger charge is 2.20. The first-order valence-electron chi connectivity index (χ1n) is 5.73. The van der Waals surface area contributed by atoms with E-state index in [1.165, 1.54) is 0 Å². The lowest BCUT2D eigenvalue weighted by atomic mass is 10.2. The minimum absolute atomic E-state index is 0.377. The number of likely N-dealkylation sites (N-methyl/N-ethyl adjacent to an activating group) is 1. The summed E-state index contributed by atoms with van der Waals surface area (Å²) in [7, 11) is 0. The van der Waals surface area contributed by atoms with Crippen molar-refractivity contribution in [1.29, 1.82) is 0 Å². The lowest BCUT2D eigenvalue weighted by molar-refractivity contribution is 0.0853. The van der Waals surface area contributed by atoms with E-state index in [1.807, 2.05) is 11.8 Å². The Bertz CT molecular complexity index is 178. The maximum atomic E-state index is 9.30. The summed E-state index contributed by atoms with van der Waals surface area (Å²) in [5.41, 5.74) is 11.8. The van der Waals surface area contributed by atoms with Crippen molar-refractivity contribution in [3.05, 3.63) is 0 Å². The number of aliphatic hydroxyl groups is 2. The molecule has 0 saturated carbocycles.